The molecule has 6 heteroatoms. The fourth-order valence-corrected chi connectivity index (χ4v) is 4.29. The Bertz CT molecular complexity index is 838. The molecule has 0 aromatic heterocycles. The minimum Gasteiger partial charge on any atom is -0.354 e. The lowest BCUT2D eigenvalue weighted by molar-refractivity contribution is -0.139. The molecule has 0 spiro atoms. The van der Waals surface area contributed by atoms with Crippen LogP contribution < -0.4 is 5.32 Å². The Kier molecular flexibility index (Phi) is 10.6. The van der Waals surface area contributed by atoms with E-state index < -0.39 is 6.04 Å². The lowest BCUT2D eigenvalue weighted by atomic mass is 10.1. The Morgan fingerprint density at radius 3 is 2.23 bits per heavy atom. The molecule has 2 aromatic rings. The van der Waals surface area contributed by atoms with Crippen molar-refractivity contribution in [2.24, 2.45) is 5.92 Å². The van der Waals surface area contributed by atoms with Gasteiger partial charge in [0, 0.05) is 23.3 Å². The van der Waals surface area contributed by atoms with Gasteiger partial charge in [-0.3, -0.25) is 9.59 Å². The number of benzene rings is 2. The maximum Gasteiger partial charge on any atom is 0.242 e. The van der Waals surface area contributed by atoms with Crippen molar-refractivity contribution in [1.82, 2.24) is 10.2 Å². The average molecular weight is 506 g/mol. The number of aryl methyl sites for hydroxylation is 1. The van der Waals surface area contributed by atoms with Gasteiger partial charge >= 0.3 is 0 Å². The summed E-state index contributed by atoms with van der Waals surface area (Å²) >= 11 is 5.03. The second-order valence-corrected chi connectivity index (χ2v) is 10.1. The molecule has 0 saturated heterocycles. The zero-order chi connectivity index (χ0) is 22.8. The highest BCUT2D eigenvalue weighted by Gasteiger charge is 2.28. The van der Waals surface area contributed by atoms with Crippen molar-refractivity contribution in [3.8, 4) is 0 Å². The van der Waals surface area contributed by atoms with Crippen molar-refractivity contribution in [3.05, 3.63) is 69.7 Å². The smallest absolute Gasteiger partial charge is 0.242 e. The van der Waals surface area contributed by atoms with Crippen LogP contribution in [-0.2, 0) is 21.9 Å². The molecule has 31 heavy (non-hydrogen) atoms. The molecule has 168 valence electrons. The second-order valence-electron chi connectivity index (χ2n) is 8.19. The summed E-state index contributed by atoms with van der Waals surface area (Å²) in [6, 6.07) is 15.8. The quantitative estimate of drug-likeness (QED) is 0.435. The molecule has 0 heterocycles. The van der Waals surface area contributed by atoms with E-state index in [1.807, 2.05) is 50.2 Å². The third-order valence-electron chi connectivity index (χ3n) is 4.95. The molecule has 2 rings (SSSR count). The summed E-state index contributed by atoms with van der Waals surface area (Å²) in [5.74, 6) is 1.39. The van der Waals surface area contributed by atoms with Gasteiger partial charge in [-0.05, 0) is 42.5 Å². The van der Waals surface area contributed by atoms with E-state index in [-0.39, 0.29) is 11.8 Å². The van der Waals surface area contributed by atoms with Gasteiger partial charge in [-0.15, -0.1) is 11.8 Å². The van der Waals surface area contributed by atoms with Gasteiger partial charge < -0.3 is 10.2 Å². The van der Waals surface area contributed by atoms with E-state index in [1.54, 1.807) is 16.7 Å². The lowest BCUT2D eigenvalue weighted by Crippen LogP contribution is -2.50. The fraction of sp³-hybridized carbons (Fsp3) is 0.440. The minimum absolute atomic E-state index is 0.00534. The predicted octanol–water partition coefficient (Wildman–Crippen LogP) is 5.57. The second kappa shape index (κ2) is 12.9. The molecule has 0 bridgehead atoms. The summed E-state index contributed by atoms with van der Waals surface area (Å²) in [6.07, 6.45) is 0.582. The van der Waals surface area contributed by atoms with E-state index in [0.29, 0.717) is 31.2 Å². The number of carbonyl (C=O) groups excluding carboxylic acids is 2. The van der Waals surface area contributed by atoms with E-state index >= 15 is 0 Å². The van der Waals surface area contributed by atoms with Crippen molar-refractivity contribution >= 4 is 39.5 Å². The Morgan fingerprint density at radius 1 is 1.03 bits per heavy atom. The molecule has 1 atom stereocenters. The topological polar surface area (TPSA) is 49.4 Å². The maximum atomic E-state index is 13.2. The van der Waals surface area contributed by atoms with Gasteiger partial charge in [0.1, 0.15) is 6.04 Å². The van der Waals surface area contributed by atoms with Gasteiger partial charge in [0.15, 0.2) is 0 Å². The molecule has 2 aromatic carbocycles. The molecule has 2 amide bonds. The molecular formula is C25H33BrN2O2S. The first-order valence-electron chi connectivity index (χ1n) is 10.7. The Morgan fingerprint density at radius 2 is 1.65 bits per heavy atom. The third-order valence-corrected chi connectivity index (χ3v) is 6.47. The van der Waals surface area contributed by atoms with Gasteiger partial charge in [0.05, 0.1) is 5.75 Å². The zero-order valence-electron chi connectivity index (χ0n) is 18.9. The zero-order valence-corrected chi connectivity index (χ0v) is 21.3. The predicted molar refractivity (Wildman–Crippen MR) is 134 cm³/mol. The Labute approximate surface area is 199 Å². The van der Waals surface area contributed by atoms with Crippen molar-refractivity contribution < 1.29 is 9.59 Å². The molecule has 0 aliphatic carbocycles. The summed E-state index contributed by atoms with van der Waals surface area (Å²) < 4.78 is 1.04. The maximum absolute atomic E-state index is 13.2. The first-order chi connectivity index (χ1) is 14.8. The minimum atomic E-state index is -0.471. The lowest BCUT2D eigenvalue weighted by Gasteiger charge is -2.31. The van der Waals surface area contributed by atoms with E-state index in [0.717, 1.165) is 15.8 Å². The highest BCUT2D eigenvalue weighted by Crippen LogP contribution is 2.19. The molecule has 4 nitrogen and oxygen atoms in total. The number of nitrogens with one attached hydrogen (secondary N) is 1. The van der Waals surface area contributed by atoms with Gasteiger partial charge in [-0.25, -0.2) is 0 Å². The van der Waals surface area contributed by atoms with Crippen molar-refractivity contribution in [2.45, 2.75) is 52.5 Å². The Hall–Kier alpha value is -1.79. The fourth-order valence-electron chi connectivity index (χ4n) is 3.15. The van der Waals surface area contributed by atoms with Gasteiger partial charge in [0.25, 0.3) is 0 Å². The van der Waals surface area contributed by atoms with Crippen LogP contribution in [0.15, 0.2) is 53.0 Å². The van der Waals surface area contributed by atoms with Crippen LogP contribution in [0, 0.1) is 12.8 Å². The SMILES string of the molecule is CC[C@H](C(=O)NCC(C)C)N(Cc1ccc(C)cc1)C(=O)CSCc1ccc(Br)cc1. The van der Waals surface area contributed by atoms with Gasteiger partial charge in [0.2, 0.25) is 11.8 Å². The number of thioether (sulfide) groups is 1. The molecule has 0 aliphatic heterocycles. The number of rotatable bonds is 11. The number of carbonyl (C=O) groups is 2. The van der Waals surface area contributed by atoms with Crippen molar-refractivity contribution in [1.29, 1.82) is 0 Å². The number of halogens is 1. The molecule has 0 aliphatic rings. The Balaban J connectivity index is 2.10. The van der Waals surface area contributed by atoms with Crippen LogP contribution in [-0.4, -0.2) is 35.1 Å². The summed E-state index contributed by atoms with van der Waals surface area (Å²) in [5, 5.41) is 3.01. The number of hydrogen-bond donors (Lipinski definition) is 1. The normalized spacial score (nSPS) is 11.9. The number of amides is 2. The highest BCUT2D eigenvalue weighted by molar-refractivity contribution is 9.10. The van der Waals surface area contributed by atoms with Crippen molar-refractivity contribution in [2.75, 3.05) is 12.3 Å². The van der Waals surface area contributed by atoms with Crippen LogP contribution in [0.4, 0.5) is 0 Å². The number of hydrogen-bond acceptors (Lipinski definition) is 3. The van der Waals surface area contributed by atoms with Gasteiger partial charge in [-0.1, -0.05) is 78.7 Å². The monoisotopic (exact) mass is 504 g/mol. The first-order valence-corrected chi connectivity index (χ1v) is 12.7. The highest BCUT2D eigenvalue weighted by atomic mass is 79.9. The summed E-state index contributed by atoms with van der Waals surface area (Å²) in [7, 11) is 0. The average Bonchev–Trinajstić information content (AvgIpc) is 2.74. The van der Waals surface area contributed by atoms with Crippen molar-refractivity contribution in [3.63, 3.8) is 0 Å². The number of nitrogens with zero attached hydrogens (tertiary/aromatic N) is 1. The standard InChI is InChI=1S/C25H33BrN2O2S/c1-5-23(25(30)27-14-18(2)3)28(15-20-8-6-19(4)7-9-20)24(29)17-31-16-21-10-12-22(26)13-11-21/h6-13,18,23H,5,14-17H2,1-4H3,(H,27,30)/t23-/m1/s1. The molecule has 1 N–H and O–H groups in total. The third kappa shape index (κ3) is 8.69. The van der Waals surface area contributed by atoms with E-state index in [9.17, 15) is 9.59 Å². The molecule has 0 fully saturated rings. The largest absolute Gasteiger partial charge is 0.354 e. The van der Waals surface area contributed by atoms with Crippen LogP contribution in [0.25, 0.3) is 0 Å². The molecule has 0 unspecified atom stereocenters. The van der Waals surface area contributed by atoms with E-state index in [4.69, 9.17) is 0 Å². The molecular weight excluding hydrogens is 472 g/mol. The van der Waals surface area contributed by atoms with Gasteiger partial charge in [-0.2, -0.15) is 0 Å². The van der Waals surface area contributed by atoms with E-state index in [1.165, 1.54) is 11.1 Å². The van der Waals surface area contributed by atoms with E-state index in [2.05, 4.69) is 47.2 Å². The molecule has 0 saturated carbocycles. The summed E-state index contributed by atoms with van der Waals surface area (Å²) in [6.45, 7) is 9.18. The van der Waals surface area contributed by atoms with Crippen LogP contribution in [0.2, 0.25) is 0 Å². The first kappa shape index (κ1) is 25.5. The van der Waals surface area contributed by atoms with Crippen LogP contribution in [0.5, 0.6) is 0 Å². The summed E-state index contributed by atoms with van der Waals surface area (Å²) in [5.41, 5.74) is 3.38. The van der Waals surface area contributed by atoms with Crippen LogP contribution in [0.1, 0.15) is 43.9 Å². The summed E-state index contributed by atoms with van der Waals surface area (Å²) in [4.78, 5) is 27.8. The van der Waals surface area contributed by atoms with Crippen LogP contribution >= 0.6 is 27.7 Å². The van der Waals surface area contributed by atoms with Crippen LogP contribution in [0.3, 0.4) is 0 Å². The molecule has 0 radical (unpaired) electrons.